The van der Waals surface area contributed by atoms with Gasteiger partial charge in [-0.05, 0) is 43.0 Å². The van der Waals surface area contributed by atoms with E-state index in [0.717, 1.165) is 4.88 Å². The first-order valence-electron chi connectivity index (χ1n) is 6.38. The number of anilines is 1. The van der Waals surface area contributed by atoms with Crippen LogP contribution in [0, 0.1) is 0 Å². The van der Waals surface area contributed by atoms with Gasteiger partial charge < -0.3 is 5.73 Å². The van der Waals surface area contributed by atoms with Crippen molar-refractivity contribution in [2.45, 2.75) is 24.3 Å². The van der Waals surface area contributed by atoms with Crippen LogP contribution in [0.3, 0.4) is 0 Å². The molecular formula is C14H17ClN2O2S2. The maximum absolute atomic E-state index is 12.6. The van der Waals surface area contributed by atoms with Gasteiger partial charge in [-0.1, -0.05) is 17.7 Å². The number of thiophene rings is 1. The first-order valence-corrected chi connectivity index (χ1v) is 9.07. The Balaban J connectivity index is 2.23. The molecule has 1 aromatic carbocycles. The Morgan fingerprint density at radius 2 is 2.10 bits per heavy atom. The largest absolute Gasteiger partial charge is 0.397 e. The fourth-order valence-electron chi connectivity index (χ4n) is 1.93. The normalized spacial score (nSPS) is 13.5. The average molecular weight is 345 g/mol. The first-order chi connectivity index (χ1) is 9.82. The lowest BCUT2D eigenvalue weighted by Gasteiger charge is -2.24. The number of nitrogens with two attached hydrogens (primary N) is 1. The van der Waals surface area contributed by atoms with Gasteiger partial charge in [0.05, 0.1) is 15.6 Å². The van der Waals surface area contributed by atoms with Gasteiger partial charge in [-0.3, -0.25) is 0 Å². The molecule has 21 heavy (non-hydrogen) atoms. The maximum atomic E-state index is 12.6. The maximum Gasteiger partial charge on any atom is 0.243 e. The fraction of sp³-hybridized carbons (Fsp3) is 0.286. The number of nitrogens with zero attached hydrogens (tertiary/aromatic N) is 1. The molecule has 2 aromatic rings. The topological polar surface area (TPSA) is 63.4 Å². The van der Waals surface area contributed by atoms with Crippen molar-refractivity contribution in [3.05, 3.63) is 45.6 Å². The van der Waals surface area contributed by atoms with E-state index in [1.54, 1.807) is 18.4 Å². The van der Waals surface area contributed by atoms with Crippen LogP contribution in [0.2, 0.25) is 5.02 Å². The van der Waals surface area contributed by atoms with Gasteiger partial charge in [-0.15, -0.1) is 11.3 Å². The van der Waals surface area contributed by atoms with Crippen LogP contribution in [0.1, 0.15) is 11.8 Å². The zero-order valence-corrected chi connectivity index (χ0v) is 14.2. The molecule has 7 heteroatoms. The lowest BCUT2D eigenvalue weighted by Crippen LogP contribution is -2.36. The molecule has 0 fully saturated rings. The molecule has 1 aromatic heterocycles. The predicted octanol–water partition coefficient (Wildman–Crippen LogP) is 3.24. The molecule has 1 atom stereocenters. The monoisotopic (exact) mass is 344 g/mol. The van der Waals surface area contributed by atoms with Gasteiger partial charge in [-0.2, -0.15) is 4.31 Å². The molecule has 0 saturated heterocycles. The van der Waals surface area contributed by atoms with E-state index in [-0.39, 0.29) is 16.6 Å². The third-order valence-electron chi connectivity index (χ3n) is 3.34. The molecular weight excluding hydrogens is 328 g/mol. The highest BCUT2D eigenvalue weighted by Gasteiger charge is 2.26. The van der Waals surface area contributed by atoms with E-state index in [2.05, 4.69) is 0 Å². The van der Waals surface area contributed by atoms with Crippen LogP contribution in [0.5, 0.6) is 0 Å². The smallest absolute Gasteiger partial charge is 0.243 e. The number of hydrogen-bond acceptors (Lipinski definition) is 4. The molecule has 2 rings (SSSR count). The van der Waals surface area contributed by atoms with Gasteiger partial charge in [0.15, 0.2) is 0 Å². The number of benzene rings is 1. The highest BCUT2D eigenvalue weighted by molar-refractivity contribution is 7.89. The SMILES string of the molecule is CC(Cc1cccs1)N(C)S(=O)(=O)c1ccc(Cl)c(N)c1. The molecule has 0 spiro atoms. The summed E-state index contributed by atoms with van der Waals surface area (Å²) in [7, 11) is -2.00. The minimum atomic E-state index is -3.58. The number of sulfonamides is 1. The summed E-state index contributed by atoms with van der Waals surface area (Å²) in [6.07, 6.45) is 0.677. The second-order valence-corrected chi connectivity index (χ2v) is 8.27. The van der Waals surface area contributed by atoms with E-state index < -0.39 is 10.0 Å². The third kappa shape index (κ3) is 3.58. The van der Waals surface area contributed by atoms with E-state index in [1.807, 2.05) is 24.4 Å². The van der Waals surface area contributed by atoms with Crippen molar-refractivity contribution in [2.75, 3.05) is 12.8 Å². The lowest BCUT2D eigenvalue weighted by molar-refractivity contribution is 0.388. The van der Waals surface area contributed by atoms with E-state index in [0.29, 0.717) is 11.4 Å². The summed E-state index contributed by atoms with van der Waals surface area (Å²) in [6.45, 7) is 1.89. The minimum absolute atomic E-state index is 0.148. The van der Waals surface area contributed by atoms with Gasteiger partial charge in [0, 0.05) is 18.0 Å². The summed E-state index contributed by atoms with van der Waals surface area (Å²) in [5.74, 6) is 0. The Bertz CT molecular complexity index is 715. The van der Waals surface area contributed by atoms with Crippen LogP contribution in [0.4, 0.5) is 5.69 Å². The number of likely N-dealkylation sites (N-methyl/N-ethyl adjacent to an activating group) is 1. The number of hydrogen-bond donors (Lipinski definition) is 1. The summed E-state index contributed by atoms with van der Waals surface area (Å²) in [5, 5.41) is 2.33. The molecule has 1 unspecified atom stereocenters. The van der Waals surface area contributed by atoms with Crippen LogP contribution in [-0.4, -0.2) is 25.8 Å². The molecule has 0 bridgehead atoms. The molecule has 0 aliphatic carbocycles. The minimum Gasteiger partial charge on any atom is -0.397 e. The van der Waals surface area contributed by atoms with E-state index in [9.17, 15) is 8.42 Å². The highest BCUT2D eigenvalue weighted by atomic mass is 35.5. The fourth-order valence-corrected chi connectivity index (χ4v) is 4.27. The summed E-state index contributed by atoms with van der Waals surface area (Å²) in [5.41, 5.74) is 5.95. The number of nitrogen functional groups attached to an aromatic ring is 1. The summed E-state index contributed by atoms with van der Waals surface area (Å²) in [4.78, 5) is 1.31. The summed E-state index contributed by atoms with van der Waals surface area (Å²) in [6, 6.07) is 8.18. The molecule has 4 nitrogen and oxygen atoms in total. The zero-order chi connectivity index (χ0) is 15.6. The van der Waals surface area contributed by atoms with Gasteiger partial charge in [-0.25, -0.2) is 8.42 Å². The Morgan fingerprint density at radius 3 is 2.67 bits per heavy atom. The molecule has 114 valence electrons. The molecule has 0 saturated carbocycles. The quantitative estimate of drug-likeness (QED) is 0.847. The third-order valence-corrected chi connectivity index (χ3v) is 6.55. The molecule has 0 aliphatic rings. The van der Waals surface area contributed by atoms with Crippen molar-refractivity contribution >= 4 is 38.6 Å². The van der Waals surface area contributed by atoms with Gasteiger partial charge in [0.25, 0.3) is 0 Å². The summed E-state index contributed by atoms with van der Waals surface area (Å²) < 4.78 is 26.6. The van der Waals surface area contributed by atoms with E-state index >= 15 is 0 Å². The average Bonchev–Trinajstić information content (AvgIpc) is 2.93. The number of halogens is 1. The Hall–Kier alpha value is -1.08. The molecule has 0 aliphatic heterocycles. The summed E-state index contributed by atoms with van der Waals surface area (Å²) >= 11 is 7.46. The van der Waals surface area contributed by atoms with E-state index in [1.165, 1.54) is 22.5 Å². The highest BCUT2D eigenvalue weighted by Crippen LogP contribution is 2.25. The molecule has 2 N–H and O–H groups in total. The van der Waals surface area contributed by atoms with Crippen molar-refractivity contribution < 1.29 is 8.42 Å². The Morgan fingerprint density at radius 1 is 1.38 bits per heavy atom. The Kier molecular flexibility index (Phi) is 4.93. The van der Waals surface area contributed by atoms with Crippen molar-refractivity contribution in [2.24, 2.45) is 0 Å². The van der Waals surface area contributed by atoms with Crippen LogP contribution in [0.15, 0.2) is 40.6 Å². The predicted molar refractivity (Wildman–Crippen MR) is 88.3 cm³/mol. The van der Waals surface area contributed by atoms with Crippen molar-refractivity contribution in [3.63, 3.8) is 0 Å². The van der Waals surface area contributed by atoms with Crippen molar-refractivity contribution in [1.82, 2.24) is 4.31 Å². The van der Waals surface area contributed by atoms with Crippen LogP contribution in [0.25, 0.3) is 0 Å². The molecule has 1 heterocycles. The van der Waals surface area contributed by atoms with Crippen LogP contribution >= 0.6 is 22.9 Å². The van der Waals surface area contributed by atoms with Crippen LogP contribution in [-0.2, 0) is 16.4 Å². The number of rotatable bonds is 5. The van der Waals surface area contributed by atoms with Gasteiger partial charge in [0.1, 0.15) is 0 Å². The zero-order valence-electron chi connectivity index (χ0n) is 11.8. The lowest BCUT2D eigenvalue weighted by atomic mass is 10.2. The van der Waals surface area contributed by atoms with Crippen molar-refractivity contribution in [3.8, 4) is 0 Å². The standard InChI is InChI=1S/C14H17ClN2O2S2/c1-10(8-11-4-3-7-20-11)17(2)21(18,19)12-5-6-13(15)14(16)9-12/h3-7,9-10H,8,16H2,1-2H3. The van der Waals surface area contributed by atoms with Crippen molar-refractivity contribution in [1.29, 1.82) is 0 Å². The first kappa shape index (κ1) is 16.3. The molecule has 0 amide bonds. The second kappa shape index (κ2) is 6.36. The van der Waals surface area contributed by atoms with Gasteiger partial charge in [0.2, 0.25) is 10.0 Å². The molecule has 0 radical (unpaired) electrons. The van der Waals surface area contributed by atoms with E-state index in [4.69, 9.17) is 17.3 Å². The Labute approximate surface area is 134 Å². The van der Waals surface area contributed by atoms with Gasteiger partial charge >= 0.3 is 0 Å². The van der Waals surface area contributed by atoms with Crippen LogP contribution < -0.4 is 5.73 Å². The second-order valence-electron chi connectivity index (χ2n) is 4.84.